The van der Waals surface area contributed by atoms with Crippen LogP contribution in [0.25, 0.3) is 0 Å². The Bertz CT molecular complexity index is 543. The molecule has 0 saturated carbocycles. The molecular formula is C15H20N4O. The summed E-state index contributed by atoms with van der Waals surface area (Å²) in [6.07, 6.45) is 5.38. The van der Waals surface area contributed by atoms with E-state index in [9.17, 15) is 0 Å². The van der Waals surface area contributed by atoms with Gasteiger partial charge in [-0.3, -0.25) is 0 Å². The number of rotatable bonds is 4. The zero-order valence-corrected chi connectivity index (χ0v) is 11.6. The number of nitrogens with zero attached hydrogens (tertiary/aromatic N) is 3. The molecule has 2 N–H and O–H groups in total. The smallest absolute Gasteiger partial charge is 0.318 e. The Morgan fingerprint density at radius 1 is 1.00 bits per heavy atom. The summed E-state index contributed by atoms with van der Waals surface area (Å²) in [6.45, 7) is 2.05. The van der Waals surface area contributed by atoms with Gasteiger partial charge in [0.15, 0.2) is 0 Å². The van der Waals surface area contributed by atoms with Gasteiger partial charge in [0.2, 0.25) is 5.89 Å². The molecule has 0 atom stereocenters. The van der Waals surface area contributed by atoms with Crippen LogP contribution in [0.4, 0.5) is 11.7 Å². The lowest BCUT2D eigenvalue weighted by molar-refractivity contribution is 0.460. The first-order valence-electron chi connectivity index (χ1n) is 7.23. The number of benzene rings is 1. The summed E-state index contributed by atoms with van der Waals surface area (Å²) in [6, 6.07) is 8.59. The molecule has 0 spiro atoms. The number of piperidine rings is 1. The van der Waals surface area contributed by atoms with Crippen molar-refractivity contribution in [3.8, 4) is 0 Å². The van der Waals surface area contributed by atoms with E-state index in [1.54, 1.807) is 0 Å². The minimum Gasteiger partial charge on any atom is -0.408 e. The second-order valence-electron chi connectivity index (χ2n) is 5.27. The highest BCUT2D eigenvalue weighted by Gasteiger charge is 2.16. The molecule has 1 aliphatic rings. The summed E-state index contributed by atoms with van der Waals surface area (Å²) in [5.41, 5.74) is 7.70. The Hall–Kier alpha value is -2.04. The van der Waals surface area contributed by atoms with Crippen molar-refractivity contribution in [2.24, 2.45) is 0 Å². The van der Waals surface area contributed by atoms with Gasteiger partial charge in [0.05, 0.1) is 0 Å². The number of hydrogen-bond acceptors (Lipinski definition) is 5. The minimum absolute atomic E-state index is 0.678. The SMILES string of the molecule is Nc1ccc(CCc2nnc(N3CCCCC3)o2)cc1. The van der Waals surface area contributed by atoms with Crippen LogP contribution >= 0.6 is 0 Å². The number of nitrogens with two attached hydrogens (primary N) is 1. The fourth-order valence-electron chi connectivity index (χ4n) is 2.49. The van der Waals surface area contributed by atoms with Crippen LogP contribution in [0.3, 0.4) is 0 Å². The van der Waals surface area contributed by atoms with Crippen LogP contribution in [0.2, 0.25) is 0 Å². The van der Waals surface area contributed by atoms with E-state index >= 15 is 0 Å². The quantitative estimate of drug-likeness (QED) is 0.866. The molecule has 0 bridgehead atoms. The molecule has 1 fully saturated rings. The van der Waals surface area contributed by atoms with Gasteiger partial charge in [0.25, 0.3) is 0 Å². The molecule has 106 valence electrons. The Morgan fingerprint density at radius 2 is 1.75 bits per heavy atom. The first-order valence-corrected chi connectivity index (χ1v) is 7.23. The third-order valence-corrected chi connectivity index (χ3v) is 3.69. The van der Waals surface area contributed by atoms with Crippen molar-refractivity contribution in [2.45, 2.75) is 32.1 Å². The van der Waals surface area contributed by atoms with Crippen LogP contribution in [-0.4, -0.2) is 23.3 Å². The highest BCUT2D eigenvalue weighted by atomic mass is 16.4. The van der Waals surface area contributed by atoms with Crippen LogP contribution in [-0.2, 0) is 12.8 Å². The molecule has 3 rings (SSSR count). The molecule has 0 aliphatic carbocycles. The van der Waals surface area contributed by atoms with Crippen molar-refractivity contribution in [3.05, 3.63) is 35.7 Å². The fourth-order valence-corrected chi connectivity index (χ4v) is 2.49. The second-order valence-corrected chi connectivity index (χ2v) is 5.27. The molecule has 0 unspecified atom stereocenters. The number of aromatic nitrogens is 2. The standard InChI is InChI=1S/C15H20N4O/c16-13-7-4-12(5-8-13)6-9-14-17-18-15(20-14)19-10-2-1-3-11-19/h4-5,7-8H,1-3,6,9-11,16H2. The molecule has 2 aromatic rings. The molecule has 5 heteroatoms. The van der Waals surface area contributed by atoms with Gasteiger partial charge in [-0.25, -0.2) is 0 Å². The Kier molecular flexibility index (Phi) is 3.85. The van der Waals surface area contributed by atoms with E-state index in [0.29, 0.717) is 11.9 Å². The van der Waals surface area contributed by atoms with Crippen molar-refractivity contribution >= 4 is 11.7 Å². The first-order chi connectivity index (χ1) is 9.81. The molecule has 2 heterocycles. The van der Waals surface area contributed by atoms with E-state index < -0.39 is 0 Å². The Morgan fingerprint density at radius 3 is 2.50 bits per heavy atom. The van der Waals surface area contributed by atoms with Crippen molar-refractivity contribution in [2.75, 3.05) is 23.7 Å². The Labute approximate surface area is 118 Å². The van der Waals surface area contributed by atoms with Crippen LogP contribution in [0, 0.1) is 0 Å². The average molecular weight is 272 g/mol. The predicted molar refractivity (Wildman–Crippen MR) is 78.6 cm³/mol. The lowest BCUT2D eigenvalue weighted by Gasteiger charge is -2.24. The molecule has 1 saturated heterocycles. The maximum Gasteiger partial charge on any atom is 0.318 e. The molecule has 0 radical (unpaired) electrons. The lowest BCUT2D eigenvalue weighted by Crippen LogP contribution is -2.29. The fraction of sp³-hybridized carbons (Fsp3) is 0.467. The number of nitrogen functional groups attached to an aromatic ring is 1. The third kappa shape index (κ3) is 3.10. The molecule has 5 nitrogen and oxygen atoms in total. The van der Waals surface area contributed by atoms with E-state index in [2.05, 4.69) is 15.1 Å². The van der Waals surface area contributed by atoms with E-state index in [0.717, 1.165) is 31.6 Å². The first kappa shape index (κ1) is 13.0. The van der Waals surface area contributed by atoms with E-state index in [4.69, 9.17) is 10.2 Å². The summed E-state index contributed by atoms with van der Waals surface area (Å²) in [7, 11) is 0. The van der Waals surface area contributed by atoms with Gasteiger partial charge in [0, 0.05) is 25.2 Å². The van der Waals surface area contributed by atoms with Crippen LogP contribution in [0.5, 0.6) is 0 Å². The molecule has 20 heavy (non-hydrogen) atoms. The van der Waals surface area contributed by atoms with Gasteiger partial charge in [-0.1, -0.05) is 17.2 Å². The summed E-state index contributed by atoms with van der Waals surface area (Å²) in [5.74, 6) is 0.711. The summed E-state index contributed by atoms with van der Waals surface area (Å²) in [4.78, 5) is 2.18. The maximum atomic E-state index is 5.75. The zero-order valence-electron chi connectivity index (χ0n) is 11.6. The topological polar surface area (TPSA) is 68.2 Å². The largest absolute Gasteiger partial charge is 0.408 e. The van der Waals surface area contributed by atoms with Crippen LogP contribution in [0.1, 0.15) is 30.7 Å². The van der Waals surface area contributed by atoms with Gasteiger partial charge in [0.1, 0.15) is 0 Å². The van der Waals surface area contributed by atoms with Crippen molar-refractivity contribution in [1.29, 1.82) is 0 Å². The van der Waals surface area contributed by atoms with Crippen molar-refractivity contribution < 1.29 is 4.42 Å². The van der Waals surface area contributed by atoms with Gasteiger partial charge in [-0.15, -0.1) is 5.10 Å². The summed E-state index contributed by atoms with van der Waals surface area (Å²) >= 11 is 0. The zero-order chi connectivity index (χ0) is 13.8. The summed E-state index contributed by atoms with van der Waals surface area (Å²) in [5, 5.41) is 8.30. The highest BCUT2D eigenvalue weighted by Crippen LogP contribution is 2.19. The van der Waals surface area contributed by atoms with Gasteiger partial charge in [-0.2, -0.15) is 0 Å². The Balaban J connectivity index is 1.58. The maximum absolute atomic E-state index is 5.75. The van der Waals surface area contributed by atoms with E-state index in [1.807, 2.05) is 24.3 Å². The monoisotopic (exact) mass is 272 g/mol. The van der Waals surface area contributed by atoms with Crippen molar-refractivity contribution in [1.82, 2.24) is 10.2 Å². The number of aryl methyl sites for hydroxylation is 2. The van der Waals surface area contributed by atoms with Crippen LogP contribution < -0.4 is 10.6 Å². The third-order valence-electron chi connectivity index (χ3n) is 3.69. The van der Waals surface area contributed by atoms with Crippen molar-refractivity contribution in [3.63, 3.8) is 0 Å². The summed E-state index contributed by atoms with van der Waals surface area (Å²) < 4.78 is 5.75. The highest BCUT2D eigenvalue weighted by molar-refractivity contribution is 5.39. The van der Waals surface area contributed by atoms with E-state index in [-0.39, 0.29) is 0 Å². The lowest BCUT2D eigenvalue weighted by atomic mass is 10.1. The van der Waals surface area contributed by atoms with Gasteiger partial charge >= 0.3 is 6.01 Å². The number of hydrogen-bond donors (Lipinski definition) is 1. The minimum atomic E-state index is 0.678. The number of anilines is 2. The molecule has 0 amide bonds. The average Bonchev–Trinajstić information content (AvgIpc) is 2.97. The van der Waals surface area contributed by atoms with Crippen LogP contribution in [0.15, 0.2) is 28.7 Å². The second kappa shape index (κ2) is 5.94. The predicted octanol–water partition coefficient (Wildman–Crippen LogP) is 2.43. The van der Waals surface area contributed by atoms with Gasteiger partial charge in [-0.05, 0) is 43.4 Å². The molecule has 1 aromatic heterocycles. The molecule has 1 aliphatic heterocycles. The van der Waals surface area contributed by atoms with E-state index in [1.165, 1.54) is 24.8 Å². The molecule has 1 aromatic carbocycles. The van der Waals surface area contributed by atoms with Gasteiger partial charge < -0.3 is 15.1 Å². The normalized spacial score (nSPS) is 15.5. The molecular weight excluding hydrogens is 252 g/mol.